The Kier molecular flexibility index (Phi) is 5.04. The maximum absolute atomic E-state index is 12.7. The van der Waals surface area contributed by atoms with E-state index in [4.69, 9.17) is 0 Å². The van der Waals surface area contributed by atoms with Crippen LogP contribution in [0, 0.1) is 0 Å². The van der Waals surface area contributed by atoms with Gasteiger partial charge in [-0.1, -0.05) is 0 Å². The molecule has 29 heavy (non-hydrogen) atoms. The van der Waals surface area contributed by atoms with Gasteiger partial charge < -0.3 is 10.3 Å². The van der Waals surface area contributed by atoms with E-state index in [-0.39, 0.29) is 4.90 Å². The average molecular weight is 423 g/mol. The van der Waals surface area contributed by atoms with Crippen LogP contribution in [0.4, 0.5) is 18.9 Å². The van der Waals surface area contributed by atoms with E-state index in [9.17, 15) is 21.6 Å². The fraction of sp³-hybridized carbons (Fsp3) is 0.300. The van der Waals surface area contributed by atoms with Crippen LogP contribution in [-0.2, 0) is 22.6 Å². The lowest BCUT2D eigenvalue weighted by Gasteiger charge is -2.11. The molecular weight excluding hydrogens is 403 g/mol. The monoisotopic (exact) mass is 423 g/mol. The SMILES string of the molecule is O=S(=O)(Nc1ccc2[nH]cc(C[C@H]3CCCN3)c2c1)c1ccc(C(F)(F)F)cc1. The van der Waals surface area contributed by atoms with Crippen molar-refractivity contribution in [2.45, 2.75) is 36.4 Å². The third-order valence-corrected chi connectivity index (χ3v) is 6.54. The van der Waals surface area contributed by atoms with Gasteiger partial charge in [0.25, 0.3) is 10.0 Å². The van der Waals surface area contributed by atoms with Gasteiger partial charge in [-0.2, -0.15) is 13.2 Å². The summed E-state index contributed by atoms with van der Waals surface area (Å²) in [6.07, 6.45) is 0.506. The number of hydrogen-bond acceptors (Lipinski definition) is 3. The Morgan fingerprint density at radius 1 is 1.10 bits per heavy atom. The first-order valence-corrected chi connectivity index (χ1v) is 10.7. The number of aromatic amines is 1. The Morgan fingerprint density at radius 2 is 1.86 bits per heavy atom. The largest absolute Gasteiger partial charge is 0.416 e. The number of sulfonamides is 1. The summed E-state index contributed by atoms with van der Waals surface area (Å²) in [6, 6.07) is 8.99. The molecule has 0 aliphatic carbocycles. The van der Waals surface area contributed by atoms with Crippen molar-refractivity contribution in [3.05, 3.63) is 59.8 Å². The summed E-state index contributed by atoms with van der Waals surface area (Å²) in [5.74, 6) is 0. The van der Waals surface area contributed by atoms with Crippen molar-refractivity contribution < 1.29 is 21.6 Å². The molecule has 1 aliphatic heterocycles. The number of hydrogen-bond donors (Lipinski definition) is 3. The highest BCUT2D eigenvalue weighted by molar-refractivity contribution is 7.92. The molecule has 0 saturated carbocycles. The van der Waals surface area contributed by atoms with Crippen molar-refractivity contribution >= 4 is 26.6 Å². The van der Waals surface area contributed by atoms with Gasteiger partial charge in [0.15, 0.2) is 0 Å². The summed E-state index contributed by atoms with van der Waals surface area (Å²) in [5.41, 5.74) is 1.46. The molecule has 1 aromatic heterocycles. The lowest BCUT2D eigenvalue weighted by Crippen LogP contribution is -2.23. The molecular formula is C20H20F3N3O2S. The van der Waals surface area contributed by atoms with Crippen LogP contribution in [0.3, 0.4) is 0 Å². The van der Waals surface area contributed by atoms with Gasteiger partial charge in [-0.05, 0) is 73.8 Å². The van der Waals surface area contributed by atoms with E-state index in [1.54, 1.807) is 18.2 Å². The van der Waals surface area contributed by atoms with Crippen LogP contribution in [0.15, 0.2) is 53.6 Å². The predicted octanol–water partition coefficient (Wildman–Crippen LogP) is 4.28. The van der Waals surface area contributed by atoms with Gasteiger partial charge in [-0.25, -0.2) is 8.42 Å². The van der Waals surface area contributed by atoms with E-state index >= 15 is 0 Å². The zero-order chi connectivity index (χ0) is 20.6. The number of alkyl halides is 3. The number of nitrogens with one attached hydrogen (secondary N) is 3. The van der Waals surface area contributed by atoms with Gasteiger partial charge in [-0.3, -0.25) is 4.72 Å². The minimum atomic E-state index is -4.51. The number of anilines is 1. The third kappa shape index (κ3) is 4.25. The highest BCUT2D eigenvalue weighted by Crippen LogP contribution is 2.30. The third-order valence-electron chi connectivity index (χ3n) is 5.14. The van der Waals surface area contributed by atoms with Crippen molar-refractivity contribution in [3.8, 4) is 0 Å². The first-order valence-electron chi connectivity index (χ1n) is 9.26. The molecule has 5 nitrogen and oxygen atoms in total. The van der Waals surface area contributed by atoms with Gasteiger partial charge in [0.1, 0.15) is 0 Å². The molecule has 0 amide bonds. The van der Waals surface area contributed by atoms with E-state index < -0.39 is 21.8 Å². The van der Waals surface area contributed by atoms with Crippen LogP contribution in [0.5, 0.6) is 0 Å². The minimum absolute atomic E-state index is 0.227. The Morgan fingerprint density at radius 3 is 2.52 bits per heavy atom. The van der Waals surface area contributed by atoms with Gasteiger partial charge in [0.05, 0.1) is 10.5 Å². The summed E-state index contributed by atoms with van der Waals surface area (Å²) in [7, 11) is -4.00. The van der Waals surface area contributed by atoms with E-state index in [0.29, 0.717) is 11.7 Å². The minimum Gasteiger partial charge on any atom is -0.361 e. The van der Waals surface area contributed by atoms with Crippen LogP contribution in [0.25, 0.3) is 10.9 Å². The molecule has 154 valence electrons. The molecule has 0 spiro atoms. The van der Waals surface area contributed by atoms with Crippen molar-refractivity contribution in [3.63, 3.8) is 0 Å². The molecule has 9 heteroatoms. The van der Waals surface area contributed by atoms with Crippen LogP contribution in [-0.4, -0.2) is 26.0 Å². The highest BCUT2D eigenvalue weighted by atomic mass is 32.2. The maximum Gasteiger partial charge on any atom is 0.416 e. The fourth-order valence-corrected chi connectivity index (χ4v) is 4.69. The summed E-state index contributed by atoms with van der Waals surface area (Å²) >= 11 is 0. The highest BCUT2D eigenvalue weighted by Gasteiger charge is 2.30. The quantitative estimate of drug-likeness (QED) is 0.573. The van der Waals surface area contributed by atoms with Crippen LogP contribution >= 0.6 is 0 Å². The van der Waals surface area contributed by atoms with Crippen LogP contribution in [0.1, 0.15) is 24.0 Å². The first-order chi connectivity index (χ1) is 13.7. The van der Waals surface area contributed by atoms with Crippen LogP contribution < -0.4 is 10.0 Å². The van der Waals surface area contributed by atoms with Crippen molar-refractivity contribution in [2.75, 3.05) is 11.3 Å². The number of rotatable bonds is 5. The summed E-state index contributed by atoms with van der Waals surface area (Å²) < 4.78 is 65.7. The maximum atomic E-state index is 12.7. The van der Waals surface area contributed by atoms with E-state index in [2.05, 4.69) is 15.0 Å². The van der Waals surface area contributed by atoms with E-state index in [1.807, 2.05) is 6.20 Å². The van der Waals surface area contributed by atoms with Crippen molar-refractivity contribution in [1.82, 2.24) is 10.3 Å². The molecule has 3 N–H and O–H groups in total. The first kappa shape index (κ1) is 19.8. The summed E-state index contributed by atoms with van der Waals surface area (Å²) in [6.45, 7) is 1.01. The molecule has 0 bridgehead atoms. The Hall–Kier alpha value is -2.52. The molecule has 1 fully saturated rings. The number of H-pyrrole nitrogens is 1. The number of aromatic nitrogens is 1. The molecule has 4 rings (SSSR count). The topological polar surface area (TPSA) is 74.0 Å². The fourth-order valence-electron chi connectivity index (χ4n) is 3.64. The number of benzene rings is 2. The van der Waals surface area contributed by atoms with Gasteiger partial charge in [0.2, 0.25) is 0 Å². The Labute approximate surface area is 166 Å². The average Bonchev–Trinajstić information content (AvgIpc) is 3.31. The zero-order valence-corrected chi connectivity index (χ0v) is 16.2. The Bertz CT molecular complexity index is 1120. The molecule has 2 heterocycles. The summed E-state index contributed by atoms with van der Waals surface area (Å²) in [5, 5.41) is 4.37. The normalized spacial score (nSPS) is 17.7. The molecule has 1 aliphatic rings. The molecule has 0 radical (unpaired) electrons. The standard InChI is InChI=1S/C20H20F3N3O2S/c21-20(22,23)14-3-6-17(7-4-14)29(27,28)26-16-5-8-19-18(11-16)13(12-25-19)10-15-2-1-9-24-15/h3-8,11-12,15,24-26H,1-2,9-10H2/t15-/m1/s1. The van der Waals surface area contributed by atoms with Gasteiger partial charge in [0, 0.05) is 28.8 Å². The molecule has 0 unspecified atom stereocenters. The number of fused-ring (bicyclic) bond motifs is 1. The summed E-state index contributed by atoms with van der Waals surface area (Å²) in [4.78, 5) is 2.97. The smallest absolute Gasteiger partial charge is 0.361 e. The molecule has 1 saturated heterocycles. The van der Waals surface area contributed by atoms with Gasteiger partial charge in [-0.15, -0.1) is 0 Å². The van der Waals surface area contributed by atoms with Gasteiger partial charge >= 0.3 is 6.18 Å². The van der Waals surface area contributed by atoms with Crippen molar-refractivity contribution in [1.29, 1.82) is 0 Å². The second kappa shape index (κ2) is 7.38. The zero-order valence-electron chi connectivity index (χ0n) is 15.4. The second-order valence-electron chi connectivity index (χ2n) is 7.20. The lowest BCUT2D eigenvalue weighted by atomic mass is 10.0. The predicted molar refractivity (Wildman–Crippen MR) is 105 cm³/mol. The number of halogens is 3. The van der Waals surface area contributed by atoms with E-state index in [1.165, 1.54) is 0 Å². The lowest BCUT2D eigenvalue weighted by molar-refractivity contribution is -0.137. The molecule has 2 aromatic carbocycles. The molecule has 3 aromatic rings. The molecule has 1 atom stereocenters. The van der Waals surface area contributed by atoms with Crippen LogP contribution in [0.2, 0.25) is 0 Å². The van der Waals surface area contributed by atoms with E-state index in [0.717, 1.165) is 66.5 Å². The Balaban J connectivity index is 1.57. The second-order valence-corrected chi connectivity index (χ2v) is 8.88. The van der Waals surface area contributed by atoms with Crippen molar-refractivity contribution in [2.24, 2.45) is 0 Å².